The third-order valence-electron chi connectivity index (χ3n) is 3.01. The first-order valence-electron chi connectivity index (χ1n) is 6.82. The maximum Gasteiger partial charge on any atom is 0.228 e. The van der Waals surface area contributed by atoms with Gasteiger partial charge in [-0.2, -0.15) is 0 Å². The van der Waals surface area contributed by atoms with Crippen LogP contribution in [0.25, 0.3) is 0 Å². The van der Waals surface area contributed by atoms with Crippen molar-refractivity contribution in [2.75, 3.05) is 5.32 Å². The SMILES string of the molecule is CC(=O)N[C@@H](CC(=O)Nc1ncccc1O)c1ccccc1. The van der Waals surface area contributed by atoms with Crippen LogP contribution >= 0.6 is 0 Å². The Bertz CT molecular complexity index is 659. The minimum atomic E-state index is -0.440. The fourth-order valence-corrected chi connectivity index (χ4v) is 2.04. The zero-order chi connectivity index (χ0) is 15.9. The zero-order valence-electron chi connectivity index (χ0n) is 12.1. The summed E-state index contributed by atoms with van der Waals surface area (Å²) in [4.78, 5) is 27.3. The topological polar surface area (TPSA) is 91.3 Å². The lowest BCUT2D eigenvalue weighted by Gasteiger charge is -2.18. The van der Waals surface area contributed by atoms with Gasteiger partial charge >= 0.3 is 0 Å². The monoisotopic (exact) mass is 299 g/mol. The number of hydrogen-bond acceptors (Lipinski definition) is 4. The number of rotatable bonds is 5. The highest BCUT2D eigenvalue weighted by Crippen LogP contribution is 2.21. The molecular weight excluding hydrogens is 282 g/mol. The molecule has 6 nitrogen and oxygen atoms in total. The molecule has 1 aromatic heterocycles. The summed E-state index contributed by atoms with van der Waals surface area (Å²) in [7, 11) is 0. The molecule has 1 heterocycles. The van der Waals surface area contributed by atoms with E-state index in [0.29, 0.717) is 0 Å². The van der Waals surface area contributed by atoms with Crippen molar-refractivity contribution in [1.82, 2.24) is 10.3 Å². The summed E-state index contributed by atoms with van der Waals surface area (Å²) in [5.41, 5.74) is 0.832. The number of anilines is 1. The Labute approximate surface area is 128 Å². The highest BCUT2D eigenvalue weighted by Gasteiger charge is 2.18. The predicted molar refractivity (Wildman–Crippen MR) is 82.1 cm³/mol. The molecule has 0 unspecified atom stereocenters. The summed E-state index contributed by atoms with van der Waals surface area (Å²) < 4.78 is 0. The summed E-state index contributed by atoms with van der Waals surface area (Å²) in [6, 6.07) is 11.8. The van der Waals surface area contributed by atoms with E-state index in [1.165, 1.54) is 19.2 Å². The molecule has 2 amide bonds. The highest BCUT2D eigenvalue weighted by atomic mass is 16.3. The number of carbonyl (C=O) groups excluding carboxylic acids is 2. The fourth-order valence-electron chi connectivity index (χ4n) is 2.04. The number of pyridine rings is 1. The largest absolute Gasteiger partial charge is 0.504 e. The van der Waals surface area contributed by atoms with Crippen LogP contribution in [0, 0.1) is 0 Å². The van der Waals surface area contributed by atoms with Gasteiger partial charge in [0.2, 0.25) is 11.8 Å². The molecular formula is C16H17N3O3. The van der Waals surface area contributed by atoms with Crippen molar-refractivity contribution in [1.29, 1.82) is 0 Å². The van der Waals surface area contributed by atoms with E-state index in [-0.39, 0.29) is 29.8 Å². The van der Waals surface area contributed by atoms with Crippen LogP contribution in [0.15, 0.2) is 48.7 Å². The Balaban J connectivity index is 2.08. The molecule has 0 aliphatic carbocycles. The van der Waals surface area contributed by atoms with Gasteiger partial charge in [0, 0.05) is 13.1 Å². The summed E-state index contributed by atoms with van der Waals surface area (Å²) >= 11 is 0. The van der Waals surface area contributed by atoms with Crippen LogP contribution in [-0.4, -0.2) is 21.9 Å². The Morgan fingerprint density at radius 1 is 1.18 bits per heavy atom. The number of nitrogens with one attached hydrogen (secondary N) is 2. The summed E-state index contributed by atoms with van der Waals surface area (Å²) in [6.07, 6.45) is 1.51. The molecule has 0 aliphatic rings. The molecule has 0 saturated carbocycles. The van der Waals surface area contributed by atoms with E-state index in [0.717, 1.165) is 5.56 Å². The minimum absolute atomic E-state index is 0.0413. The van der Waals surface area contributed by atoms with E-state index in [1.54, 1.807) is 6.07 Å². The third kappa shape index (κ3) is 4.31. The Morgan fingerprint density at radius 3 is 2.55 bits per heavy atom. The van der Waals surface area contributed by atoms with E-state index < -0.39 is 6.04 Å². The lowest BCUT2D eigenvalue weighted by molar-refractivity contribution is -0.120. The van der Waals surface area contributed by atoms with Gasteiger partial charge in [0.25, 0.3) is 0 Å². The zero-order valence-corrected chi connectivity index (χ0v) is 12.1. The van der Waals surface area contributed by atoms with Crippen molar-refractivity contribution >= 4 is 17.6 Å². The highest BCUT2D eigenvalue weighted by molar-refractivity contribution is 5.91. The number of aromatic hydroxyl groups is 1. The van der Waals surface area contributed by atoms with Gasteiger partial charge in [0.1, 0.15) is 0 Å². The maximum atomic E-state index is 12.1. The van der Waals surface area contributed by atoms with Gasteiger partial charge in [0.15, 0.2) is 11.6 Å². The van der Waals surface area contributed by atoms with E-state index in [4.69, 9.17) is 0 Å². The molecule has 0 saturated heterocycles. The van der Waals surface area contributed by atoms with Gasteiger partial charge in [-0.3, -0.25) is 9.59 Å². The van der Waals surface area contributed by atoms with Crippen LogP contribution in [0.4, 0.5) is 5.82 Å². The van der Waals surface area contributed by atoms with E-state index in [9.17, 15) is 14.7 Å². The molecule has 22 heavy (non-hydrogen) atoms. The van der Waals surface area contributed by atoms with E-state index >= 15 is 0 Å². The van der Waals surface area contributed by atoms with Crippen LogP contribution in [0.1, 0.15) is 24.9 Å². The van der Waals surface area contributed by atoms with Crippen molar-refractivity contribution in [3.8, 4) is 5.75 Å². The van der Waals surface area contributed by atoms with Crippen LogP contribution < -0.4 is 10.6 Å². The third-order valence-corrected chi connectivity index (χ3v) is 3.01. The standard InChI is InChI=1S/C16H17N3O3/c1-11(20)18-13(12-6-3-2-4-7-12)10-15(22)19-16-14(21)8-5-9-17-16/h2-9,13,21H,10H2,1H3,(H,18,20)(H,17,19,22)/t13-/m0/s1. The first-order chi connectivity index (χ1) is 10.6. The van der Waals surface area contributed by atoms with Gasteiger partial charge in [-0.05, 0) is 17.7 Å². The molecule has 6 heteroatoms. The molecule has 2 aromatic rings. The summed E-state index contributed by atoms with van der Waals surface area (Å²) in [5, 5.41) is 14.9. The van der Waals surface area contributed by atoms with Crippen molar-refractivity contribution in [2.24, 2.45) is 0 Å². The minimum Gasteiger partial charge on any atom is -0.504 e. The lowest BCUT2D eigenvalue weighted by Crippen LogP contribution is -2.29. The number of aromatic nitrogens is 1. The van der Waals surface area contributed by atoms with Crippen LogP contribution in [0.3, 0.4) is 0 Å². The maximum absolute atomic E-state index is 12.1. The fraction of sp³-hybridized carbons (Fsp3) is 0.188. The first-order valence-corrected chi connectivity index (χ1v) is 6.82. The normalized spacial score (nSPS) is 11.5. The second kappa shape index (κ2) is 7.21. The second-order valence-electron chi connectivity index (χ2n) is 4.79. The molecule has 0 bridgehead atoms. The number of carbonyl (C=O) groups is 2. The molecule has 1 aromatic carbocycles. The summed E-state index contributed by atoms with van der Waals surface area (Å²) in [6.45, 7) is 1.40. The predicted octanol–water partition coefficient (Wildman–Crippen LogP) is 1.99. The molecule has 114 valence electrons. The number of amides is 2. The van der Waals surface area contributed by atoms with Crippen molar-refractivity contribution in [3.05, 3.63) is 54.2 Å². The molecule has 0 fully saturated rings. The molecule has 3 N–H and O–H groups in total. The van der Waals surface area contributed by atoms with Gasteiger partial charge < -0.3 is 15.7 Å². The Kier molecular flexibility index (Phi) is 5.08. The van der Waals surface area contributed by atoms with Gasteiger partial charge in [0.05, 0.1) is 12.5 Å². The summed E-state index contributed by atoms with van der Waals surface area (Å²) in [5.74, 6) is -0.576. The first kappa shape index (κ1) is 15.5. The molecule has 0 radical (unpaired) electrons. The van der Waals surface area contributed by atoms with Crippen molar-refractivity contribution < 1.29 is 14.7 Å². The average molecular weight is 299 g/mol. The van der Waals surface area contributed by atoms with Crippen molar-refractivity contribution in [2.45, 2.75) is 19.4 Å². The van der Waals surface area contributed by atoms with E-state index in [1.807, 2.05) is 30.3 Å². The average Bonchev–Trinajstić information content (AvgIpc) is 2.49. The van der Waals surface area contributed by atoms with Crippen LogP contribution in [0.2, 0.25) is 0 Å². The Hall–Kier alpha value is -2.89. The molecule has 2 rings (SSSR count). The Morgan fingerprint density at radius 2 is 1.91 bits per heavy atom. The molecule has 0 spiro atoms. The van der Waals surface area contributed by atoms with Gasteiger partial charge in [-0.25, -0.2) is 4.98 Å². The molecule has 0 aliphatic heterocycles. The van der Waals surface area contributed by atoms with E-state index in [2.05, 4.69) is 15.6 Å². The quantitative estimate of drug-likeness (QED) is 0.787. The second-order valence-corrected chi connectivity index (χ2v) is 4.79. The van der Waals surface area contributed by atoms with Gasteiger partial charge in [-0.15, -0.1) is 0 Å². The smallest absolute Gasteiger partial charge is 0.228 e. The van der Waals surface area contributed by atoms with Crippen LogP contribution in [-0.2, 0) is 9.59 Å². The van der Waals surface area contributed by atoms with Gasteiger partial charge in [-0.1, -0.05) is 30.3 Å². The van der Waals surface area contributed by atoms with Crippen molar-refractivity contribution in [3.63, 3.8) is 0 Å². The lowest BCUT2D eigenvalue weighted by atomic mass is 10.0. The number of benzene rings is 1. The van der Waals surface area contributed by atoms with Crippen LogP contribution in [0.5, 0.6) is 5.75 Å². The molecule has 1 atom stereocenters. The number of nitrogens with zero attached hydrogens (tertiary/aromatic N) is 1. The number of hydrogen-bond donors (Lipinski definition) is 3.